The number of carbonyl (C=O) groups excluding carboxylic acids is 2. The summed E-state index contributed by atoms with van der Waals surface area (Å²) in [5.41, 5.74) is 6.48. The normalized spacial score (nSPS) is 15.4. The van der Waals surface area contributed by atoms with Crippen LogP contribution in [0.25, 0.3) is 0 Å². The fourth-order valence-electron chi connectivity index (χ4n) is 8.11. The number of carbonyl (C=O) groups is 2. The van der Waals surface area contributed by atoms with Crippen molar-refractivity contribution >= 4 is 77.9 Å². The van der Waals surface area contributed by atoms with E-state index in [1.54, 1.807) is 78.7 Å². The van der Waals surface area contributed by atoms with Crippen molar-refractivity contribution in [2.75, 3.05) is 42.9 Å². The summed E-state index contributed by atoms with van der Waals surface area (Å²) >= 11 is 0. The zero-order chi connectivity index (χ0) is 41.8. The Morgan fingerprint density at radius 2 is 1.44 bits per heavy atom. The minimum atomic E-state index is -1.16. The number of aliphatic imine (C=N–C) groups is 1. The van der Waals surface area contributed by atoms with Crippen LogP contribution in [0.4, 0.5) is 28.4 Å². The Bertz CT molecular complexity index is 2580. The molecule has 0 saturated carbocycles. The van der Waals surface area contributed by atoms with Crippen LogP contribution in [-0.2, 0) is 23.6 Å². The van der Waals surface area contributed by atoms with E-state index in [1.165, 1.54) is 26.4 Å². The number of fused-ring (bicyclic) bond motifs is 5. The molecule has 0 spiro atoms. The topological polar surface area (TPSA) is 145 Å². The molecule has 0 saturated heterocycles. The van der Waals surface area contributed by atoms with Crippen LogP contribution in [0.3, 0.4) is 0 Å². The zero-order valence-corrected chi connectivity index (χ0v) is 34.0. The van der Waals surface area contributed by atoms with Crippen molar-refractivity contribution in [1.82, 2.24) is 0 Å². The highest BCUT2D eigenvalue weighted by molar-refractivity contribution is 6.40. The van der Waals surface area contributed by atoms with Gasteiger partial charge in [0.05, 0.1) is 58.5 Å². The Kier molecular flexibility index (Phi) is 9.93. The van der Waals surface area contributed by atoms with E-state index in [1.807, 2.05) is 54.6 Å². The number of hydrogen-bond donors (Lipinski definition) is 1. The lowest BCUT2D eigenvalue weighted by Gasteiger charge is -2.33. The van der Waals surface area contributed by atoms with Crippen LogP contribution in [0.1, 0.15) is 43.0 Å². The van der Waals surface area contributed by atoms with Crippen LogP contribution in [0.5, 0.6) is 23.0 Å². The van der Waals surface area contributed by atoms with Gasteiger partial charge in [0.15, 0.2) is 54.4 Å². The highest BCUT2D eigenvalue weighted by Gasteiger charge is 2.38. The van der Waals surface area contributed by atoms with Gasteiger partial charge in [-0.1, -0.05) is 42.5 Å². The van der Waals surface area contributed by atoms with Crippen LogP contribution < -0.4 is 34.1 Å². The van der Waals surface area contributed by atoms with Crippen molar-refractivity contribution in [3.05, 3.63) is 134 Å². The molecule has 0 bridgehead atoms. The molecule has 2 amide bonds. The van der Waals surface area contributed by atoms with Gasteiger partial charge < -0.3 is 29.2 Å². The fraction of sp³-hybridized carbons (Fsp3) is 0.214. The van der Waals surface area contributed by atoms with Gasteiger partial charge in [-0.3, -0.25) is 29.6 Å². The summed E-state index contributed by atoms with van der Waals surface area (Å²) in [4.78, 5) is 48.2. The first kappa shape index (κ1) is 39.2. The first-order chi connectivity index (χ1) is 28.2. The smallest absolute Gasteiger partial charge is 0.270 e. The maximum absolute atomic E-state index is 14.0. The molecule has 5 aromatic rings. The number of nitro groups is 1. The molecule has 59 heavy (non-hydrogen) atoms. The standard InChI is InChI=1S/C42H41B4N5O8/c1-47-31-20-37(35(56-2)18-29(31)39(52)49-13-12-23-8-4-6-10-33(23)49)58-41(43,44)25-15-26(17-27(16-25)51(54)55)42(45,46)59-38-21-32-30(19-36(38)57-3)40(53)50-28(22-48-32)14-24-9-5-7-11-34(24)50/h4-11,15-22,28,47H,12-14,43-46H2,1-3H3. The molecule has 0 fully saturated rings. The number of hydrogen-bond acceptors (Lipinski definition) is 10. The third-order valence-electron chi connectivity index (χ3n) is 11.3. The lowest BCUT2D eigenvalue weighted by molar-refractivity contribution is -0.385. The van der Waals surface area contributed by atoms with E-state index >= 15 is 0 Å². The minimum absolute atomic E-state index is 0.162. The molecular formula is C42H41B4N5O8. The molecule has 0 radical (unpaired) electrons. The van der Waals surface area contributed by atoms with E-state index in [4.69, 9.17) is 23.9 Å². The number of nitrogens with one attached hydrogen (secondary N) is 1. The summed E-state index contributed by atoms with van der Waals surface area (Å²) < 4.78 is 24.8. The molecule has 0 aliphatic carbocycles. The average Bonchev–Trinajstić information content (AvgIpc) is 3.80. The summed E-state index contributed by atoms with van der Waals surface area (Å²) in [6.07, 6.45) is 3.21. The fourth-order valence-corrected chi connectivity index (χ4v) is 8.11. The Balaban J connectivity index is 1.10. The molecule has 294 valence electrons. The lowest BCUT2D eigenvalue weighted by atomic mass is 9.57. The van der Waals surface area contributed by atoms with Gasteiger partial charge in [0.2, 0.25) is 0 Å². The van der Waals surface area contributed by atoms with Gasteiger partial charge in [0, 0.05) is 61.9 Å². The number of rotatable bonds is 11. The quantitative estimate of drug-likeness (QED) is 0.121. The van der Waals surface area contributed by atoms with Crippen LogP contribution >= 0.6 is 0 Å². The average molecular weight is 787 g/mol. The minimum Gasteiger partial charge on any atom is -0.497 e. The Labute approximate surface area is 345 Å². The van der Waals surface area contributed by atoms with E-state index in [9.17, 15) is 19.7 Å². The van der Waals surface area contributed by atoms with Gasteiger partial charge in [0.1, 0.15) is 0 Å². The van der Waals surface area contributed by atoms with Crippen molar-refractivity contribution < 1.29 is 33.5 Å². The SMILES string of the molecule is BC(B)(Oc1cc2c(cc1OC)C(=O)N1c3ccccc3CC1C=N2)c1cc([N+](=O)[O-])cc(C(B)(B)Oc2cc(NC)c(C(=O)N3CCc4ccccc43)cc2OC)c1. The van der Waals surface area contributed by atoms with E-state index in [0.29, 0.717) is 69.6 Å². The maximum atomic E-state index is 14.0. The summed E-state index contributed by atoms with van der Waals surface area (Å²) in [5.74, 6) is 0.900. The van der Waals surface area contributed by atoms with Crippen LogP contribution in [0.15, 0.2) is 96.0 Å². The molecule has 3 aliphatic rings. The third kappa shape index (κ3) is 7.04. The predicted molar refractivity (Wildman–Crippen MR) is 238 cm³/mol. The van der Waals surface area contributed by atoms with Crippen molar-refractivity contribution in [3.8, 4) is 23.0 Å². The molecule has 1 unspecified atom stereocenters. The highest BCUT2D eigenvalue weighted by atomic mass is 16.6. The van der Waals surface area contributed by atoms with Crippen molar-refractivity contribution in [1.29, 1.82) is 0 Å². The van der Waals surface area contributed by atoms with Crippen molar-refractivity contribution in [2.24, 2.45) is 4.99 Å². The predicted octanol–water partition coefficient (Wildman–Crippen LogP) is 3.06. The maximum Gasteiger partial charge on any atom is 0.270 e. The van der Waals surface area contributed by atoms with Crippen LogP contribution in [0.2, 0.25) is 0 Å². The summed E-state index contributed by atoms with van der Waals surface area (Å²) in [6, 6.07) is 26.9. The first-order valence-corrected chi connectivity index (χ1v) is 19.4. The number of methoxy groups -OCH3 is 2. The monoisotopic (exact) mass is 787 g/mol. The largest absolute Gasteiger partial charge is 0.497 e. The van der Waals surface area contributed by atoms with Gasteiger partial charge in [-0.15, -0.1) is 0 Å². The summed E-state index contributed by atoms with van der Waals surface area (Å²) in [6.45, 7) is 0.561. The Morgan fingerprint density at radius 1 is 0.831 bits per heavy atom. The van der Waals surface area contributed by atoms with Crippen LogP contribution in [0, 0.1) is 10.1 Å². The summed E-state index contributed by atoms with van der Waals surface area (Å²) in [7, 11) is 11.9. The molecule has 0 aromatic heterocycles. The van der Waals surface area contributed by atoms with Gasteiger partial charge in [-0.2, -0.15) is 0 Å². The van der Waals surface area contributed by atoms with E-state index in [-0.39, 0.29) is 23.5 Å². The number of amides is 2. The number of anilines is 3. The molecule has 3 aliphatic heterocycles. The van der Waals surface area contributed by atoms with Crippen molar-refractivity contribution in [3.63, 3.8) is 0 Å². The second-order valence-corrected chi connectivity index (χ2v) is 15.8. The second-order valence-electron chi connectivity index (χ2n) is 15.8. The molecular weight excluding hydrogens is 746 g/mol. The summed E-state index contributed by atoms with van der Waals surface area (Å²) in [5, 5.41) is 13.2. The zero-order valence-electron chi connectivity index (χ0n) is 34.0. The van der Waals surface area contributed by atoms with E-state index in [0.717, 1.165) is 28.9 Å². The molecule has 13 nitrogen and oxygen atoms in total. The van der Waals surface area contributed by atoms with Gasteiger partial charge in [-0.25, -0.2) is 0 Å². The Morgan fingerprint density at radius 3 is 2.08 bits per heavy atom. The van der Waals surface area contributed by atoms with Gasteiger partial charge in [0.25, 0.3) is 17.5 Å². The van der Waals surface area contributed by atoms with Crippen LogP contribution in [-0.4, -0.2) is 88.2 Å². The van der Waals surface area contributed by atoms with Gasteiger partial charge >= 0.3 is 0 Å². The third-order valence-corrected chi connectivity index (χ3v) is 11.3. The molecule has 1 atom stereocenters. The second kappa shape index (κ2) is 14.9. The molecule has 5 aromatic carbocycles. The van der Waals surface area contributed by atoms with Gasteiger partial charge in [-0.05, 0) is 52.9 Å². The highest BCUT2D eigenvalue weighted by Crippen LogP contribution is 2.44. The number of para-hydroxylation sites is 2. The Hall–Kier alpha value is -6.63. The number of benzene rings is 5. The van der Waals surface area contributed by atoms with Crippen molar-refractivity contribution in [2.45, 2.75) is 29.7 Å². The lowest BCUT2D eigenvalue weighted by Crippen LogP contribution is -2.38. The molecule has 3 heterocycles. The molecule has 8 rings (SSSR count). The number of nitro benzene ring substituents is 1. The molecule has 17 heteroatoms. The van der Waals surface area contributed by atoms with E-state index < -0.39 is 15.7 Å². The number of nitrogens with zero attached hydrogens (tertiary/aromatic N) is 4. The first-order valence-electron chi connectivity index (χ1n) is 19.4. The van der Waals surface area contributed by atoms with E-state index in [2.05, 4.69) is 5.32 Å². The number of ether oxygens (including phenoxy) is 4. The number of non-ortho nitro benzene ring substituents is 1. The molecule has 1 N–H and O–H groups in total.